The fourth-order valence-corrected chi connectivity index (χ4v) is 1.36. The summed E-state index contributed by atoms with van der Waals surface area (Å²) >= 11 is 0. The van der Waals surface area contributed by atoms with Crippen LogP contribution in [0.5, 0.6) is 0 Å². The van der Waals surface area contributed by atoms with Crippen LogP contribution in [0.1, 0.15) is 32.6 Å². The van der Waals surface area contributed by atoms with Crippen molar-refractivity contribution in [3.05, 3.63) is 0 Å². The molecule has 0 saturated carbocycles. The molecule has 0 aromatic rings. The van der Waals surface area contributed by atoms with Crippen molar-refractivity contribution in [2.45, 2.75) is 38.6 Å². The molecule has 0 aromatic heterocycles. The van der Waals surface area contributed by atoms with Gasteiger partial charge in [-0.2, -0.15) is 0 Å². The van der Waals surface area contributed by atoms with Gasteiger partial charge in [0.1, 0.15) is 6.04 Å². The smallest absolute Gasteiger partial charge is 0.320 e. The molecule has 0 spiro atoms. The molecule has 0 radical (unpaired) electrons. The molecule has 1 atom stereocenters. The molecule has 0 saturated heterocycles. The number of carbonyl (C=O) groups is 2. The van der Waals surface area contributed by atoms with Crippen LogP contribution in [0.2, 0.25) is 0 Å². The summed E-state index contributed by atoms with van der Waals surface area (Å²) in [5.41, 5.74) is 0. The largest absolute Gasteiger partial charge is 0.481 e. The van der Waals surface area contributed by atoms with Crippen molar-refractivity contribution >= 4 is 11.9 Å². The molecule has 0 amide bonds. The number of hydrogen-bond acceptors (Lipinski definition) is 3. The SMILES string of the molecule is CCCCC(C(=O)O)N(C)CCC(=O)O. The fourth-order valence-electron chi connectivity index (χ4n) is 1.36. The quantitative estimate of drug-likeness (QED) is 0.635. The zero-order valence-electron chi connectivity index (χ0n) is 9.27. The Morgan fingerprint density at radius 2 is 1.93 bits per heavy atom. The monoisotopic (exact) mass is 217 g/mol. The third-order valence-electron chi connectivity index (χ3n) is 2.33. The summed E-state index contributed by atoms with van der Waals surface area (Å²) in [7, 11) is 1.65. The number of nitrogens with zero attached hydrogens (tertiary/aromatic N) is 1. The van der Waals surface area contributed by atoms with Crippen molar-refractivity contribution in [1.82, 2.24) is 4.90 Å². The number of aliphatic carboxylic acids is 2. The van der Waals surface area contributed by atoms with E-state index in [1.165, 1.54) is 0 Å². The van der Waals surface area contributed by atoms with Gasteiger partial charge < -0.3 is 10.2 Å². The van der Waals surface area contributed by atoms with E-state index in [4.69, 9.17) is 10.2 Å². The minimum atomic E-state index is -0.901. The third-order valence-corrected chi connectivity index (χ3v) is 2.33. The van der Waals surface area contributed by atoms with Crippen molar-refractivity contribution in [2.24, 2.45) is 0 Å². The Kier molecular flexibility index (Phi) is 6.70. The van der Waals surface area contributed by atoms with Crippen LogP contribution in [0.25, 0.3) is 0 Å². The first-order valence-electron chi connectivity index (χ1n) is 5.13. The molecule has 5 heteroatoms. The Labute approximate surface area is 89.7 Å². The Morgan fingerprint density at radius 3 is 2.33 bits per heavy atom. The molecular formula is C10H19NO4. The molecule has 88 valence electrons. The maximum atomic E-state index is 10.9. The van der Waals surface area contributed by atoms with Gasteiger partial charge in [0.2, 0.25) is 0 Å². The summed E-state index contributed by atoms with van der Waals surface area (Å²) in [5, 5.41) is 17.4. The van der Waals surface area contributed by atoms with Crippen LogP contribution in [0.15, 0.2) is 0 Å². The molecule has 0 fully saturated rings. The number of hydrogen-bond donors (Lipinski definition) is 2. The first-order chi connectivity index (χ1) is 6.99. The fraction of sp³-hybridized carbons (Fsp3) is 0.800. The van der Waals surface area contributed by atoms with E-state index in [0.717, 1.165) is 12.8 Å². The summed E-state index contributed by atoms with van der Waals surface area (Å²) in [6, 6.07) is -0.565. The van der Waals surface area contributed by atoms with Crippen LogP contribution in [-0.2, 0) is 9.59 Å². The lowest BCUT2D eigenvalue weighted by Gasteiger charge is -2.23. The van der Waals surface area contributed by atoms with Gasteiger partial charge in [0.05, 0.1) is 6.42 Å². The summed E-state index contributed by atoms with van der Waals surface area (Å²) < 4.78 is 0. The second-order valence-corrected chi connectivity index (χ2v) is 3.62. The first-order valence-corrected chi connectivity index (χ1v) is 5.13. The van der Waals surface area contributed by atoms with Crippen molar-refractivity contribution in [2.75, 3.05) is 13.6 Å². The molecule has 5 nitrogen and oxygen atoms in total. The van der Waals surface area contributed by atoms with E-state index in [1.807, 2.05) is 6.92 Å². The summed E-state index contributed by atoms with van der Waals surface area (Å²) in [6.45, 7) is 2.27. The van der Waals surface area contributed by atoms with Crippen LogP contribution in [-0.4, -0.2) is 46.7 Å². The Hall–Kier alpha value is -1.10. The van der Waals surface area contributed by atoms with Gasteiger partial charge in [0.25, 0.3) is 0 Å². The van der Waals surface area contributed by atoms with Gasteiger partial charge in [-0.05, 0) is 13.5 Å². The third kappa shape index (κ3) is 6.06. The highest BCUT2D eigenvalue weighted by Gasteiger charge is 2.21. The zero-order chi connectivity index (χ0) is 11.8. The molecule has 0 aromatic carbocycles. The van der Waals surface area contributed by atoms with Crippen molar-refractivity contribution in [3.63, 3.8) is 0 Å². The van der Waals surface area contributed by atoms with E-state index in [2.05, 4.69) is 0 Å². The molecule has 0 bridgehead atoms. The molecule has 0 aliphatic rings. The number of rotatable bonds is 8. The lowest BCUT2D eigenvalue weighted by atomic mass is 10.1. The Balaban J connectivity index is 4.09. The van der Waals surface area contributed by atoms with E-state index in [9.17, 15) is 9.59 Å². The molecule has 1 unspecified atom stereocenters. The zero-order valence-corrected chi connectivity index (χ0v) is 9.27. The topological polar surface area (TPSA) is 77.8 Å². The van der Waals surface area contributed by atoms with Crippen LogP contribution in [0.4, 0.5) is 0 Å². The number of carboxylic acids is 2. The minimum absolute atomic E-state index is 0.0214. The predicted molar refractivity (Wildman–Crippen MR) is 55.8 cm³/mol. The predicted octanol–water partition coefficient (Wildman–Crippen LogP) is 1.04. The highest BCUT2D eigenvalue weighted by molar-refractivity contribution is 5.73. The van der Waals surface area contributed by atoms with Gasteiger partial charge in [-0.25, -0.2) is 0 Å². The number of carboxylic acid groups (broad SMARTS) is 2. The molecule has 15 heavy (non-hydrogen) atoms. The maximum Gasteiger partial charge on any atom is 0.320 e. The van der Waals surface area contributed by atoms with E-state index in [-0.39, 0.29) is 13.0 Å². The minimum Gasteiger partial charge on any atom is -0.481 e. The van der Waals surface area contributed by atoms with Gasteiger partial charge >= 0.3 is 11.9 Å². The molecule has 0 rings (SSSR count). The molecular weight excluding hydrogens is 198 g/mol. The van der Waals surface area contributed by atoms with Crippen molar-refractivity contribution in [3.8, 4) is 0 Å². The summed E-state index contributed by atoms with van der Waals surface area (Å²) in [5.74, 6) is -1.78. The van der Waals surface area contributed by atoms with Crippen LogP contribution in [0.3, 0.4) is 0 Å². The first kappa shape index (κ1) is 13.9. The lowest BCUT2D eigenvalue weighted by Crippen LogP contribution is -2.39. The molecule has 0 aliphatic heterocycles. The van der Waals surface area contributed by atoms with Crippen LogP contribution < -0.4 is 0 Å². The van der Waals surface area contributed by atoms with E-state index < -0.39 is 18.0 Å². The van der Waals surface area contributed by atoms with Gasteiger partial charge in [0.15, 0.2) is 0 Å². The van der Waals surface area contributed by atoms with Crippen molar-refractivity contribution < 1.29 is 19.8 Å². The average molecular weight is 217 g/mol. The molecule has 0 heterocycles. The van der Waals surface area contributed by atoms with E-state index in [1.54, 1.807) is 11.9 Å². The number of likely N-dealkylation sites (N-methyl/N-ethyl adjacent to an activating group) is 1. The highest BCUT2D eigenvalue weighted by atomic mass is 16.4. The van der Waals surface area contributed by atoms with E-state index in [0.29, 0.717) is 6.42 Å². The average Bonchev–Trinajstić information content (AvgIpc) is 2.14. The lowest BCUT2D eigenvalue weighted by molar-refractivity contribution is -0.144. The van der Waals surface area contributed by atoms with E-state index >= 15 is 0 Å². The van der Waals surface area contributed by atoms with Gasteiger partial charge in [0, 0.05) is 6.54 Å². The summed E-state index contributed by atoms with van der Waals surface area (Å²) in [4.78, 5) is 22.8. The van der Waals surface area contributed by atoms with Gasteiger partial charge in [-0.15, -0.1) is 0 Å². The van der Waals surface area contributed by atoms with Gasteiger partial charge in [-0.1, -0.05) is 19.8 Å². The van der Waals surface area contributed by atoms with Gasteiger partial charge in [-0.3, -0.25) is 14.5 Å². The number of unbranched alkanes of at least 4 members (excludes halogenated alkanes) is 1. The summed E-state index contributed by atoms with van der Waals surface area (Å²) in [6.07, 6.45) is 2.33. The standard InChI is InChI=1S/C10H19NO4/c1-3-4-5-8(10(14)15)11(2)7-6-9(12)13/h8H,3-7H2,1-2H3,(H,12,13)(H,14,15). The second-order valence-electron chi connectivity index (χ2n) is 3.62. The second kappa shape index (κ2) is 7.23. The molecule has 2 N–H and O–H groups in total. The van der Waals surface area contributed by atoms with Crippen LogP contribution in [0, 0.1) is 0 Å². The van der Waals surface area contributed by atoms with Crippen molar-refractivity contribution in [1.29, 1.82) is 0 Å². The highest BCUT2D eigenvalue weighted by Crippen LogP contribution is 2.08. The molecule has 0 aliphatic carbocycles. The Bertz CT molecular complexity index is 217. The van der Waals surface area contributed by atoms with Crippen LogP contribution >= 0.6 is 0 Å². The maximum absolute atomic E-state index is 10.9. The Morgan fingerprint density at radius 1 is 1.33 bits per heavy atom. The normalized spacial score (nSPS) is 12.7.